The summed E-state index contributed by atoms with van der Waals surface area (Å²) < 4.78 is 13.6. The summed E-state index contributed by atoms with van der Waals surface area (Å²) in [5.41, 5.74) is 22.7. The molecule has 0 N–H and O–H groups in total. The Hall–Kier alpha value is -6.76. The Morgan fingerprint density at radius 1 is 0.508 bits per heavy atom. The van der Waals surface area contributed by atoms with Crippen LogP contribution in [0.5, 0.6) is 0 Å². The van der Waals surface area contributed by atoms with Crippen molar-refractivity contribution < 1.29 is 8.83 Å². The minimum absolute atomic E-state index is 0.0115. The lowest BCUT2D eigenvalue weighted by Gasteiger charge is -2.44. The van der Waals surface area contributed by atoms with Crippen molar-refractivity contribution in [2.45, 2.75) is 73.1 Å². The van der Waals surface area contributed by atoms with Crippen molar-refractivity contribution in [3.8, 4) is 22.3 Å². The first-order valence-electron chi connectivity index (χ1n) is 22.8. The van der Waals surface area contributed by atoms with Gasteiger partial charge in [-0.2, -0.15) is 0 Å². The van der Waals surface area contributed by atoms with E-state index in [2.05, 4.69) is 187 Å². The van der Waals surface area contributed by atoms with Gasteiger partial charge in [-0.1, -0.05) is 126 Å². The predicted molar refractivity (Wildman–Crippen MR) is 278 cm³/mol. The summed E-state index contributed by atoms with van der Waals surface area (Å²) >= 11 is 1.93. The SMILES string of the molecule is Cc1cc2c3c(c1)N(c1c(C)cc(C(C)(C)C)cc1C)c1sc4ccc(C(C)(C)C)cc4c1B3c1ccc(-c3coc4ccccc34)cc1N2c1cccc(-c2coc3ccccc23)c1. The molecule has 0 amide bonds. The maximum atomic E-state index is 6.19. The minimum Gasteiger partial charge on any atom is -0.464 e. The van der Waals surface area contributed by atoms with E-state index in [1.807, 2.05) is 42.1 Å². The number of hydrogen-bond acceptors (Lipinski definition) is 5. The van der Waals surface area contributed by atoms with Crippen molar-refractivity contribution in [1.82, 2.24) is 0 Å². The standard InChI is InChI=1S/C59H51BN2O2S/c1-34-25-49-55-50(26-34)62(56-35(2)27-40(28-36(56)3)59(7,8)9)57-54(44-31-39(58(4,5)6)22-24-53(44)65-57)60(55)47-23-21-38(46-33-64-52-20-13-11-18-43(46)52)30-48(47)61(49)41-16-14-15-37(29-41)45-32-63-51-19-12-10-17-42(45)51/h10-33H,1-9H3. The van der Waals surface area contributed by atoms with Crippen LogP contribution in [-0.4, -0.2) is 6.71 Å². The van der Waals surface area contributed by atoms with Gasteiger partial charge in [0, 0.05) is 49.3 Å². The minimum atomic E-state index is -0.0207. The number of aryl methyl sites for hydroxylation is 3. The number of thiophene rings is 1. The van der Waals surface area contributed by atoms with Gasteiger partial charge < -0.3 is 18.6 Å². The van der Waals surface area contributed by atoms with Crippen LogP contribution < -0.4 is 26.2 Å². The first-order valence-corrected chi connectivity index (χ1v) is 23.7. The summed E-state index contributed by atoms with van der Waals surface area (Å²) in [5.74, 6) is 0. The van der Waals surface area contributed by atoms with Crippen LogP contribution in [0.2, 0.25) is 0 Å². The summed E-state index contributed by atoms with van der Waals surface area (Å²) in [5, 5.41) is 4.85. The monoisotopic (exact) mass is 862 g/mol. The lowest BCUT2D eigenvalue weighted by Crippen LogP contribution is -2.61. The molecule has 0 unspecified atom stereocenters. The molecular weight excluding hydrogens is 812 g/mol. The third kappa shape index (κ3) is 6.10. The van der Waals surface area contributed by atoms with Gasteiger partial charge in [0.2, 0.25) is 0 Å². The van der Waals surface area contributed by atoms with Crippen LogP contribution in [0.1, 0.15) is 69.4 Å². The van der Waals surface area contributed by atoms with Crippen molar-refractivity contribution in [2.75, 3.05) is 9.80 Å². The molecule has 318 valence electrons. The van der Waals surface area contributed by atoms with Crippen LogP contribution in [0, 0.1) is 20.8 Å². The highest BCUT2D eigenvalue weighted by molar-refractivity contribution is 7.26. The van der Waals surface area contributed by atoms with E-state index in [0.29, 0.717) is 0 Å². The van der Waals surface area contributed by atoms with Gasteiger partial charge in [-0.3, -0.25) is 0 Å². The fourth-order valence-electron chi connectivity index (χ4n) is 10.7. The van der Waals surface area contributed by atoms with Gasteiger partial charge in [-0.05, 0) is 141 Å². The van der Waals surface area contributed by atoms with Crippen LogP contribution in [-0.2, 0) is 10.8 Å². The predicted octanol–water partition coefficient (Wildman–Crippen LogP) is 15.3. The Morgan fingerprint density at radius 2 is 1.12 bits per heavy atom. The first kappa shape index (κ1) is 39.8. The molecule has 0 aliphatic carbocycles. The van der Waals surface area contributed by atoms with E-state index < -0.39 is 0 Å². The first-order chi connectivity index (χ1) is 31.2. The van der Waals surface area contributed by atoms with Crippen LogP contribution in [0.15, 0.2) is 155 Å². The van der Waals surface area contributed by atoms with Crippen molar-refractivity contribution in [3.63, 3.8) is 0 Å². The van der Waals surface area contributed by atoms with Crippen LogP contribution in [0.4, 0.5) is 33.4 Å². The number of fused-ring (bicyclic) bond motifs is 8. The lowest BCUT2D eigenvalue weighted by molar-refractivity contribution is 0.589. The van der Waals surface area contributed by atoms with E-state index >= 15 is 0 Å². The number of furan rings is 2. The van der Waals surface area contributed by atoms with Crippen LogP contribution in [0.25, 0.3) is 54.3 Å². The third-order valence-electron chi connectivity index (χ3n) is 14.0. The van der Waals surface area contributed by atoms with Crippen molar-refractivity contribution in [1.29, 1.82) is 0 Å². The van der Waals surface area contributed by atoms with Gasteiger partial charge >= 0.3 is 0 Å². The van der Waals surface area contributed by atoms with E-state index in [-0.39, 0.29) is 17.5 Å². The molecule has 4 nitrogen and oxygen atoms in total. The van der Waals surface area contributed by atoms with E-state index in [0.717, 1.165) is 49.9 Å². The fourth-order valence-corrected chi connectivity index (χ4v) is 12.0. The van der Waals surface area contributed by atoms with E-state index in [4.69, 9.17) is 8.83 Å². The largest absolute Gasteiger partial charge is 0.464 e. The van der Waals surface area contributed by atoms with Crippen LogP contribution >= 0.6 is 11.3 Å². The zero-order chi connectivity index (χ0) is 44.7. The third-order valence-corrected chi connectivity index (χ3v) is 15.1. The van der Waals surface area contributed by atoms with Crippen LogP contribution in [0.3, 0.4) is 0 Å². The summed E-state index contributed by atoms with van der Waals surface area (Å²) in [6.45, 7) is 20.8. The number of nitrogens with zero attached hydrogens (tertiary/aromatic N) is 2. The second-order valence-corrected chi connectivity index (χ2v) is 21.5. The van der Waals surface area contributed by atoms with Gasteiger partial charge in [0.15, 0.2) is 0 Å². The number of benzene rings is 7. The van der Waals surface area contributed by atoms with Gasteiger partial charge in [-0.15, -0.1) is 11.3 Å². The zero-order valence-corrected chi connectivity index (χ0v) is 39.4. The molecule has 0 spiro atoms. The second kappa shape index (κ2) is 14.1. The Bertz CT molecular complexity index is 3570. The Labute approximate surface area is 385 Å². The molecule has 65 heavy (non-hydrogen) atoms. The summed E-state index contributed by atoms with van der Waals surface area (Å²) in [6.07, 6.45) is 3.83. The molecule has 12 rings (SSSR count). The van der Waals surface area contributed by atoms with Crippen molar-refractivity contribution in [2.24, 2.45) is 0 Å². The maximum Gasteiger partial charge on any atom is 0.254 e. The Morgan fingerprint density at radius 3 is 1.77 bits per heavy atom. The van der Waals surface area contributed by atoms with Gasteiger partial charge in [0.25, 0.3) is 6.71 Å². The molecule has 6 heteroatoms. The number of hydrogen-bond donors (Lipinski definition) is 0. The summed E-state index contributed by atoms with van der Waals surface area (Å²) in [4.78, 5) is 5.18. The smallest absolute Gasteiger partial charge is 0.254 e. The number of para-hydroxylation sites is 2. The number of rotatable bonds is 4. The molecule has 3 aromatic heterocycles. The second-order valence-electron chi connectivity index (χ2n) is 20.4. The molecule has 5 heterocycles. The fraction of sp³-hybridized carbons (Fsp3) is 0.186. The zero-order valence-electron chi connectivity index (χ0n) is 38.6. The average molecular weight is 863 g/mol. The normalized spacial score (nSPS) is 13.5. The average Bonchev–Trinajstić information content (AvgIpc) is 4.01. The molecule has 0 saturated carbocycles. The molecule has 0 saturated heterocycles. The van der Waals surface area contributed by atoms with E-state index in [1.165, 1.54) is 82.0 Å². The molecule has 2 aliphatic heterocycles. The molecular formula is C59H51BN2O2S. The lowest BCUT2D eigenvalue weighted by atomic mass is 9.33. The van der Waals surface area contributed by atoms with Crippen molar-refractivity contribution >= 4 is 99.9 Å². The molecule has 0 radical (unpaired) electrons. The van der Waals surface area contributed by atoms with Crippen molar-refractivity contribution in [3.05, 3.63) is 174 Å². The topological polar surface area (TPSA) is 32.8 Å². The van der Waals surface area contributed by atoms with Gasteiger partial charge in [0.1, 0.15) is 11.2 Å². The Kier molecular flexibility index (Phi) is 8.65. The number of anilines is 6. The highest BCUT2D eigenvalue weighted by Gasteiger charge is 2.46. The molecule has 2 aliphatic rings. The summed E-state index contributed by atoms with van der Waals surface area (Å²) in [7, 11) is 0. The maximum absolute atomic E-state index is 6.19. The van der Waals surface area contributed by atoms with E-state index in [1.54, 1.807) is 0 Å². The molecule has 7 aromatic carbocycles. The Balaban J connectivity index is 1.18. The highest BCUT2D eigenvalue weighted by atomic mass is 32.1. The van der Waals surface area contributed by atoms with E-state index in [9.17, 15) is 0 Å². The quantitative estimate of drug-likeness (QED) is 0.165. The molecule has 0 fully saturated rings. The molecule has 0 bridgehead atoms. The van der Waals surface area contributed by atoms with Gasteiger partial charge in [0.05, 0.1) is 23.2 Å². The molecule has 0 atom stereocenters. The van der Waals surface area contributed by atoms with Gasteiger partial charge in [-0.25, -0.2) is 0 Å². The summed E-state index contributed by atoms with van der Waals surface area (Å²) in [6, 6.07) is 49.8. The molecule has 10 aromatic rings. The highest BCUT2D eigenvalue weighted by Crippen LogP contribution is 2.51.